The summed E-state index contributed by atoms with van der Waals surface area (Å²) >= 11 is 0. The summed E-state index contributed by atoms with van der Waals surface area (Å²) < 4.78 is 0. The van der Waals surface area contributed by atoms with E-state index in [4.69, 9.17) is 0 Å². The van der Waals surface area contributed by atoms with Crippen LogP contribution in [0.1, 0.15) is 12.8 Å². The van der Waals surface area contributed by atoms with Crippen molar-refractivity contribution >= 4 is 11.8 Å². The Labute approximate surface area is 108 Å². The highest BCUT2D eigenvalue weighted by Crippen LogP contribution is 2.30. The van der Waals surface area contributed by atoms with Gasteiger partial charge in [0.2, 0.25) is 5.95 Å². The monoisotopic (exact) mass is 247 g/mol. The van der Waals surface area contributed by atoms with Crippen molar-refractivity contribution < 1.29 is 0 Å². The molecule has 1 aromatic heterocycles. The van der Waals surface area contributed by atoms with E-state index in [2.05, 4.69) is 20.2 Å². The van der Waals surface area contributed by atoms with E-state index in [0.29, 0.717) is 6.04 Å². The summed E-state index contributed by atoms with van der Waals surface area (Å²) in [4.78, 5) is 13.4. The van der Waals surface area contributed by atoms with Crippen molar-refractivity contribution in [3.05, 3.63) is 12.3 Å². The molecule has 2 aliphatic rings. The van der Waals surface area contributed by atoms with Crippen LogP contribution in [0.15, 0.2) is 12.3 Å². The van der Waals surface area contributed by atoms with Crippen LogP contribution in [0.2, 0.25) is 0 Å². The number of nitrogens with one attached hydrogen (secondary N) is 1. The standard InChI is InChI=1S/C13H21N5/c1-17(2)13-15-6-5-12(16-13)18-7-3-4-10-8-14-9-11(10)18/h5-6,10-11,14H,3-4,7-9H2,1-2H3. The fourth-order valence-electron chi connectivity index (χ4n) is 3.07. The summed E-state index contributed by atoms with van der Waals surface area (Å²) in [6.45, 7) is 3.37. The highest BCUT2D eigenvalue weighted by Gasteiger charge is 2.35. The summed E-state index contributed by atoms with van der Waals surface area (Å²) in [6.07, 6.45) is 4.48. The number of anilines is 2. The van der Waals surface area contributed by atoms with Gasteiger partial charge in [0.05, 0.1) is 0 Å². The molecule has 0 aliphatic carbocycles. The summed E-state index contributed by atoms with van der Waals surface area (Å²) in [5.41, 5.74) is 0. The molecule has 0 saturated carbocycles. The Morgan fingerprint density at radius 3 is 3.11 bits per heavy atom. The Morgan fingerprint density at radius 2 is 2.28 bits per heavy atom. The zero-order valence-corrected chi connectivity index (χ0v) is 11.1. The number of aromatic nitrogens is 2. The maximum absolute atomic E-state index is 4.67. The van der Waals surface area contributed by atoms with E-state index in [0.717, 1.165) is 37.3 Å². The number of piperidine rings is 1. The molecule has 98 valence electrons. The minimum Gasteiger partial charge on any atom is -0.352 e. The van der Waals surface area contributed by atoms with Crippen molar-refractivity contribution in [3.8, 4) is 0 Å². The zero-order valence-electron chi connectivity index (χ0n) is 11.1. The van der Waals surface area contributed by atoms with Gasteiger partial charge in [-0.05, 0) is 24.8 Å². The first-order valence-corrected chi connectivity index (χ1v) is 6.73. The van der Waals surface area contributed by atoms with Gasteiger partial charge < -0.3 is 15.1 Å². The van der Waals surface area contributed by atoms with Crippen LogP contribution in [0, 0.1) is 5.92 Å². The molecule has 0 bridgehead atoms. The molecule has 5 nitrogen and oxygen atoms in total. The quantitative estimate of drug-likeness (QED) is 0.834. The van der Waals surface area contributed by atoms with Crippen LogP contribution in [0.4, 0.5) is 11.8 Å². The Kier molecular flexibility index (Phi) is 3.07. The molecule has 2 unspecified atom stereocenters. The first-order valence-electron chi connectivity index (χ1n) is 6.73. The molecule has 2 fully saturated rings. The number of fused-ring (bicyclic) bond motifs is 1. The van der Waals surface area contributed by atoms with Crippen LogP contribution >= 0.6 is 0 Å². The van der Waals surface area contributed by atoms with Gasteiger partial charge in [-0.3, -0.25) is 0 Å². The Balaban J connectivity index is 1.86. The van der Waals surface area contributed by atoms with Gasteiger partial charge in [-0.15, -0.1) is 0 Å². The predicted molar refractivity (Wildman–Crippen MR) is 73.1 cm³/mol. The van der Waals surface area contributed by atoms with Gasteiger partial charge in [0.25, 0.3) is 0 Å². The van der Waals surface area contributed by atoms with Gasteiger partial charge in [-0.2, -0.15) is 4.98 Å². The summed E-state index contributed by atoms with van der Waals surface area (Å²) in [5, 5.41) is 3.51. The van der Waals surface area contributed by atoms with Gasteiger partial charge in [0, 0.05) is 46.0 Å². The molecule has 3 heterocycles. The van der Waals surface area contributed by atoms with Gasteiger partial charge in [-0.1, -0.05) is 0 Å². The van der Waals surface area contributed by atoms with E-state index in [1.54, 1.807) is 0 Å². The summed E-state index contributed by atoms with van der Waals surface area (Å²) in [5.74, 6) is 2.66. The number of hydrogen-bond donors (Lipinski definition) is 1. The second-order valence-electron chi connectivity index (χ2n) is 5.43. The van der Waals surface area contributed by atoms with Crippen LogP contribution in [-0.2, 0) is 0 Å². The average molecular weight is 247 g/mol. The molecule has 2 saturated heterocycles. The predicted octanol–water partition coefficient (Wildman–Crippen LogP) is 0.731. The van der Waals surface area contributed by atoms with Crippen molar-refractivity contribution in [2.45, 2.75) is 18.9 Å². The van der Waals surface area contributed by atoms with E-state index >= 15 is 0 Å². The number of nitrogens with zero attached hydrogens (tertiary/aromatic N) is 4. The number of rotatable bonds is 2. The van der Waals surface area contributed by atoms with Crippen molar-refractivity contribution in [2.75, 3.05) is 43.5 Å². The minimum atomic E-state index is 0.615. The normalized spacial score (nSPS) is 27.1. The Hall–Kier alpha value is -1.36. The molecule has 5 heteroatoms. The molecule has 0 spiro atoms. The largest absolute Gasteiger partial charge is 0.352 e. The van der Waals surface area contributed by atoms with Gasteiger partial charge in [0.1, 0.15) is 5.82 Å². The van der Waals surface area contributed by atoms with Crippen molar-refractivity contribution in [3.63, 3.8) is 0 Å². The van der Waals surface area contributed by atoms with Crippen LogP contribution in [0.25, 0.3) is 0 Å². The third kappa shape index (κ3) is 2.03. The lowest BCUT2D eigenvalue weighted by atomic mass is 9.92. The molecular weight excluding hydrogens is 226 g/mol. The highest BCUT2D eigenvalue weighted by molar-refractivity contribution is 5.45. The SMILES string of the molecule is CN(C)c1nccc(N2CCCC3CNCC32)n1. The van der Waals surface area contributed by atoms with E-state index in [1.165, 1.54) is 12.8 Å². The Bertz CT molecular complexity index is 420. The van der Waals surface area contributed by atoms with E-state index in [9.17, 15) is 0 Å². The van der Waals surface area contributed by atoms with Crippen molar-refractivity contribution in [1.82, 2.24) is 15.3 Å². The van der Waals surface area contributed by atoms with E-state index < -0.39 is 0 Å². The smallest absolute Gasteiger partial charge is 0.226 e. The summed E-state index contributed by atoms with van der Waals surface area (Å²) in [7, 11) is 3.96. The van der Waals surface area contributed by atoms with Gasteiger partial charge in [-0.25, -0.2) is 4.98 Å². The summed E-state index contributed by atoms with van der Waals surface area (Å²) in [6, 6.07) is 2.65. The molecule has 0 radical (unpaired) electrons. The highest BCUT2D eigenvalue weighted by atomic mass is 15.3. The Morgan fingerprint density at radius 1 is 1.39 bits per heavy atom. The molecule has 2 atom stereocenters. The molecule has 1 N–H and O–H groups in total. The fourth-order valence-corrected chi connectivity index (χ4v) is 3.07. The number of hydrogen-bond acceptors (Lipinski definition) is 5. The van der Waals surface area contributed by atoms with Crippen molar-refractivity contribution in [1.29, 1.82) is 0 Å². The molecule has 0 aromatic carbocycles. The first kappa shape index (κ1) is 11.7. The maximum Gasteiger partial charge on any atom is 0.226 e. The van der Waals surface area contributed by atoms with Crippen LogP contribution in [0.5, 0.6) is 0 Å². The lowest BCUT2D eigenvalue weighted by Crippen LogP contribution is -2.45. The van der Waals surface area contributed by atoms with Crippen LogP contribution < -0.4 is 15.1 Å². The van der Waals surface area contributed by atoms with Crippen molar-refractivity contribution in [2.24, 2.45) is 5.92 Å². The third-order valence-corrected chi connectivity index (χ3v) is 4.00. The van der Waals surface area contributed by atoms with Gasteiger partial charge in [0.15, 0.2) is 0 Å². The molecular formula is C13H21N5. The lowest BCUT2D eigenvalue weighted by molar-refractivity contribution is 0.383. The maximum atomic E-state index is 4.67. The third-order valence-electron chi connectivity index (χ3n) is 4.00. The average Bonchev–Trinajstić information content (AvgIpc) is 2.87. The van der Waals surface area contributed by atoms with E-state index in [-0.39, 0.29) is 0 Å². The lowest BCUT2D eigenvalue weighted by Gasteiger charge is -2.38. The first-order chi connectivity index (χ1) is 8.75. The minimum absolute atomic E-state index is 0.615. The fraction of sp³-hybridized carbons (Fsp3) is 0.692. The van der Waals surface area contributed by atoms with Crippen LogP contribution in [-0.4, -0.2) is 49.7 Å². The molecule has 1 aromatic rings. The second kappa shape index (κ2) is 4.72. The molecule has 3 rings (SSSR count). The van der Waals surface area contributed by atoms with Gasteiger partial charge >= 0.3 is 0 Å². The molecule has 0 amide bonds. The zero-order chi connectivity index (χ0) is 12.5. The molecule has 18 heavy (non-hydrogen) atoms. The molecule has 2 aliphatic heterocycles. The topological polar surface area (TPSA) is 44.3 Å². The van der Waals surface area contributed by atoms with Crippen LogP contribution in [0.3, 0.4) is 0 Å². The second-order valence-corrected chi connectivity index (χ2v) is 5.43. The van der Waals surface area contributed by atoms with E-state index in [1.807, 2.05) is 31.3 Å².